The number of para-hydroxylation sites is 1. The van der Waals surface area contributed by atoms with Crippen LogP contribution in [0.2, 0.25) is 0 Å². The summed E-state index contributed by atoms with van der Waals surface area (Å²) in [5.41, 5.74) is 4.43. The predicted octanol–water partition coefficient (Wildman–Crippen LogP) is 4.03. The summed E-state index contributed by atoms with van der Waals surface area (Å²) in [4.78, 5) is 16.9. The zero-order valence-corrected chi connectivity index (χ0v) is 17.8. The largest absolute Gasteiger partial charge is 0.496 e. The van der Waals surface area contributed by atoms with Crippen LogP contribution in [0.5, 0.6) is 5.75 Å². The van der Waals surface area contributed by atoms with E-state index in [1.165, 1.54) is 11.8 Å². The zero-order valence-electron chi connectivity index (χ0n) is 16.9. The molecule has 3 rings (SSSR count). The Balaban J connectivity index is 2.00. The lowest BCUT2D eigenvalue weighted by Crippen LogP contribution is -2.33. The molecule has 6 nitrogen and oxygen atoms in total. The molecule has 28 heavy (non-hydrogen) atoms. The molecule has 1 atom stereocenters. The van der Waals surface area contributed by atoms with Gasteiger partial charge in [0.1, 0.15) is 10.8 Å². The predicted molar refractivity (Wildman–Crippen MR) is 113 cm³/mol. The quantitative estimate of drug-likeness (QED) is 0.481. The molecule has 1 unspecified atom stereocenters. The van der Waals surface area contributed by atoms with E-state index in [2.05, 4.69) is 12.2 Å². The molecule has 148 valence electrons. The van der Waals surface area contributed by atoms with E-state index in [1.807, 2.05) is 55.6 Å². The van der Waals surface area contributed by atoms with Gasteiger partial charge in [-0.25, -0.2) is 9.50 Å². The van der Waals surface area contributed by atoms with Crippen LogP contribution >= 0.6 is 11.8 Å². The van der Waals surface area contributed by atoms with Crippen LogP contribution in [0.25, 0.3) is 16.8 Å². The Morgan fingerprint density at radius 3 is 2.79 bits per heavy atom. The summed E-state index contributed by atoms with van der Waals surface area (Å²) in [5.74, 6) is 1.15. The molecular formula is C21H26N4O2S. The van der Waals surface area contributed by atoms with Gasteiger partial charge < -0.3 is 10.1 Å². The third kappa shape index (κ3) is 4.14. The summed E-state index contributed by atoms with van der Waals surface area (Å²) >= 11 is 1.47. The van der Waals surface area contributed by atoms with Crippen LogP contribution in [0.1, 0.15) is 31.7 Å². The van der Waals surface area contributed by atoms with E-state index < -0.39 is 0 Å². The standard InChI is InChI=1S/C21H26N4O2S/c1-6-13(2)22-18(26)12-28-19-11-14(3)23-21-20(15(4)24-25(19)21)16-9-7-8-10-17(16)27-5/h7-11,13H,6,12H2,1-5H3,(H,22,26). The monoisotopic (exact) mass is 398 g/mol. The van der Waals surface area contributed by atoms with Crippen LogP contribution in [-0.2, 0) is 4.79 Å². The van der Waals surface area contributed by atoms with Gasteiger partial charge in [0.2, 0.25) is 5.91 Å². The zero-order chi connectivity index (χ0) is 20.3. The first kappa shape index (κ1) is 20.2. The average molecular weight is 399 g/mol. The Kier molecular flexibility index (Phi) is 6.24. The van der Waals surface area contributed by atoms with E-state index in [0.29, 0.717) is 5.75 Å². The summed E-state index contributed by atoms with van der Waals surface area (Å²) < 4.78 is 7.36. The second kappa shape index (κ2) is 8.65. The van der Waals surface area contributed by atoms with Crippen LogP contribution in [0, 0.1) is 13.8 Å². The highest BCUT2D eigenvalue weighted by atomic mass is 32.2. The number of ether oxygens (including phenoxy) is 1. The third-order valence-corrected chi connectivity index (χ3v) is 5.60. The van der Waals surface area contributed by atoms with E-state index in [-0.39, 0.29) is 11.9 Å². The molecule has 2 aromatic heterocycles. The number of nitrogens with zero attached hydrogens (tertiary/aromatic N) is 3. The van der Waals surface area contributed by atoms with Gasteiger partial charge in [0, 0.05) is 17.3 Å². The van der Waals surface area contributed by atoms with Crippen LogP contribution in [0.15, 0.2) is 35.4 Å². The van der Waals surface area contributed by atoms with Crippen molar-refractivity contribution in [1.82, 2.24) is 19.9 Å². The minimum absolute atomic E-state index is 0.0239. The molecule has 0 radical (unpaired) electrons. The molecule has 7 heteroatoms. The van der Waals surface area contributed by atoms with Gasteiger partial charge in [0.25, 0.3) is 0 Å². The SMILES string of the molecule is CCC(C)NC(=O)CSc1cc(C)nc2c(-c3ccccc3OC)c(C)nn12. The number of carbonyl (C=O) groups is 1. The summed E-state index contributed by atoms with van der Waals surface area (Å²) in [7, 11) is 1.66. The van der Waals surface area contributed by atoms with Gasteiger partial charge in [-0.1, -0.05) is 36.9 Å². The van der Waals surface area contributed by atoms with Crippen LogP contribution in [0.3, 0.4) is 0 Å². The number of carbonyl (C=O) groups excluding carboxylic acids is 1. The highest BCUT2D eigenvalue weighted by molar-refractivity contribution is 7.99. The number of aryl methyl sites for hydroxylation is 2. The first-order chi connectivity index (χ1) is 13.4. The van der Waals surface area contributed by atoms with Crippen molar-refractivity contribution in [3.8, 4) is 16.9 Å². The minimum Gasteiger partial charge on any atom is -0.496 e. The maximum Gasteiger partial charge on any atom is 0.230 e. The van der Waals surface area contributed by atoms with Gasteiger partial charge in [0.05, 0.1) is 24.1 Å². The Bertz CT molecular complexity index is 999. The lowest BCUT2D eigenvalue weighted by atomic mass is 10.1. The Labute approximate surface area is 169 Å². The number of fused-ring (bicyclic) bond motifs is 1. The van der Waals surface area contributed by atoms with Crippen LogP contribution in [-0.4, -0.2) is 39.4 Å². The fourth-order valence-corrected chi connectivity index (χ4v) is 3.90. The van der Waals surface area contributed by atoms with Gasteiger partial charge in [-0.05, 0) is 39.3 Å². The molecular weight excluding hydrogens is 372 g/mol. The average Bonchev–Trinajstić information content (AvgIpc) is 3.01. The van der Waals surface area contributed by atoms with Crippen molar-refractivity contribution in [1.29, 1.82) is 0 Å². The topological polar surface area (TPSA) is 68.5 Å². The van der Waals surface area contributed by atoms with Gasteiger partial charge >= 0.3 is 0 Å². The fourth-order valence-electron chi connectivity index (χ4n) is 3.04. The van der Waals surface area contributed by atoms with Gasteiger partial charge in [-0.15, -0.1) is 0 Å². The number of rotatable bonds is 7. The molecule has 0 saturated heterocycles. The maximum absolute atomic E-state index is 12.2. The Morgan fingerprint density at radius 2 is 2.07 bits per heavy atom. The smallest absolute Gasteiger partial charge is 0.230 e. The minimum atomic E-state index is 0.0239. The van der Waals surface area contributed by atoms with Crippen molar-refractivity contribution in [2.45, 2.75) is 45.2 Å². The number of hydrogen-bond acceptors (Lipinski definition) is 5. The van der Waals surface area contributed by atoms with Crippen molar-refractivity contribution in [3.63, 3.8) is 0 Å². The molecule has 1 amide bonds. The molecule has 0 aliphatic carbocycles. The van der Waals surface area contributed by atoms with Gasteiger partial charge in [-0.3, -0.25) is 4.79 Å². The van der Waals surface area contributed by atoms with Crippen LogP contribution < -0.4 is 10.1 Å². The second-order valence-corrected chi connectivity index (χ2v) is 7.79. The Hall–Kier alpha value is -2.54. The first-order valence-electron chi connectivity index (χ1n) is 9.37. The van der Waals surface area contributed by atoms with Gasteiger partial charge in [-0.2, -0.15) is 5.10 Å². The molecule has 3 aromatic rings. The molecule has 0 saturated carbocycles. The fraction of sp³-hybridized carbons (Fsp3) is 0.381. The first-order valence-corrected chi connectivity index (χ1v) is 10.4. The van der Waals surface area contributed by atoms with Crippen molar-refractivity contribution >= 4 is 23.3 Å². The van der Waals surface area contributed by atoms with E-state index in [4.69, 9.17) is 14.8 Å². The molecule has 0 aliphatic rings. The normalized spacial score (nSPS) is 12.2. The molecule has 0 aliphatic heterocycles. The van der Waals surface area contributed by atoms with Crippen molar-refractivity contribution in [2.75, 3.05) is 12.9 Å². The van der Waals surface area contributed by atoms with E-state index in [1.54, 1.807) is 7.11 Å². The highest BCUT2D eigenvalue weighted by Crippen LogP contribution is 2.35. The van der Waals surface area contributed by atoms with Gasteiger partial charge in [0.15, 0.2) is 5.65 Å². The molecule has 0 fully saturated rings. The van der Waals surface area contributed by atoms with Crippen molar-refractivity contribution in [3.05, 3.63) is 41.7 Å². The lowest BCUT2D eigenvalue weighted by Gasteiger charge is -2.12. The molecule has 0 bridgehead atoms. The highest BCUT2D eigenvalue weighted by Gasteiger charge is 2.19. The molecule has 0 spiro atoms. The number of amides is 1. The van der Waals surface area contributed by atoms with Crippen molar-refractivity contribution < 1.29 is 9.53 Å². The number of nitrogens with one attached hydrogen (secondary N) is 1. The van der Waals surface area contributed by atoms with E-state index >= 15 is 0 Å². The summed E-state index contributed by atoms with van der Waals surface area (Å²) in [5, 5.41) is 8.60. The number of benzene rings is 1. The van der Waals surface area contributed by atoms with E-state index in [0.717, 1.165) is 45.4 Å². The second-order valence-electron chi connectivity index (χ2n) is 6.80. The summed E-state index contributed by atoms with van der Waals surface area (Å²) in [6, 6.07) is 10.0. The number of thioether (sulfide) groups is 1. The van der Waals surface area contributed by atoms with Crippen LogP contribution in [0.4, 0.5) is 0 Å². The summed E-state index contributed by atoms with van der Waals surface area (Å²) in [6.45, 7) is 7.99. The number of hydrogen-bond donors (Lipinski definition) is 1. The molecule has 1 aromatic carbocycles. The lowest BCUT2D eigenvalue weighted by molar-refractivity contribution is -0.119. The summed E-state index contributed by atoms with van der Waals surface area (Å²) in [6.07, 6.45) is 0.912. The number of methoxy groups -OCH3 is 1. The maximum atomic E-state index is 12.2. The molecule has 2 heterocycles. The number of aromatic nitrogens is 3. The van der Waals surface area contributed by atoms with E-state index in [9.17, 15) is 4.79 Å². The van der Waals surface area contributed by atoms with Crippen molar-refractivity contribution in [2.24, 2.45) is 0 Å². The third-order valence-electron chi connectivity index (χ3n) is 4.61. The Morgan fingerprint density at radius 1 is 1.32 bits per heavy atom. The molecule has 1 N–H and O–H groups in total.